The second-order valence-corrected chi connectivity index (χ2v) is 6.29. The normalized spacial score (nSPS) is 13.9. The van der Waals surface area contributed by atoms with Crippen LogP contribution in [0.1, 0.15) is 37.2 Å². The number of hydrogen-bond donors (Lipinski definition) is 0. The molecule has 8 nitrogen and oxygen atoms in total. The zero-order valence-corrected chi connectivity index (χ0v) is 15.6. The van der Waals surface area contributed by atoms with Gasteiger partial charge in [0, 0.05) is 13.0 Å². The van der Waals surface area contributed by atoms with Crippen molar-refractivity contribution in [3.05, 3.63) is 35.5 Å². The van der Waals surface area contributed by atoms with Gasteiger partial charge in [0.05, 0.1) is 0 Å². The summed E-state index contributed by atoms with van der Waals surface area (Å²) in [5.74, 6) is 2.41. The van der Waals surface area contributed by atoms with E-state index in [0.29, 0.717) is 36.2 Å². The minimum atomic E-state index is -0.446. The van der Waals surface area contributed by atoms with Gasteiger partial charge in [-0.2, -0.15) is 4.98 Å². The predicted octanol–water partition coefficient (Wildman–Crippen LogP) is 2.01. The molecule has 2 heterocycles. The standard InChI is InChI=1S/C18H24N4O4/c1-5-15-19-16(26-20-15)10-22(6-2)18(23)17(21(3)4)12-7-8-13-14(9-12)25-11-24-13/h7-9,17H,5-6,10-11H2,1-4H3/t17-/m0/s1. The molecule has 140 valence electrons. The second kappa shape index (κ2) is 7.74. The molecule has 1 atom stereocenters. The van der Waals surface area contributed by atoms with Gasteiger partial charge in [-0.3, -0.25) is 9.69 Å². The molecule has 1 aliphatic heterocycles. The zero-order valence-electron chi connectivity index (χ0n) is 15.6. The predicted molar refractivity (Wildman–Crippen MR) is 93.8 cm³/mol. The average Bonchev–Trinajstić information content (AvgIpc) is 3.27. The van der Waals surface area contributed by atoms with Crippen molar-refractivity contribution in [1.29, 1.82) is 0 Å². The van der Waals surface area contributed by atoms with E-state index in [4.69, 9.17) is 14.0 Å². The molecule has 26 heavy (non-hydrogen) atoms. The first kappa shape index (κ1) is 18.2. The number of nitrogens with zero attached hydrogens (tertiary/aromatic N) is 4. The molecule has 0 N–H and O–H groups in total. The number of benzene rings is 1. The molecule has 0 spiro atoms. The Morgan fingerprint density at radius 3 is 2.65 bits per heavy atom. The van der Waals surface area contributed by atoms with Crippen molar-refractivity contribution in [1.82, 2.24) is 19.9 Å². The van der Waals surface area contributed by atoms with Gasteiger partial charge in [-0.05, 0) is 38.7 Å². The molecule has 0 fully saturated rings. The molecule has 0 unspecified atom stereocenters. The van der Waals surface area contributed by atoms with E-state index in [0.717, 1.165) is 5.56 Å². The summed E-state index contributed by atoms with van der Waals surface area (Å²) in [5.41, 5.74) is 0.850. The Bertz CT molecular complexity index is 774. The molecular formula is C18H24N4O4. The highest BCUT2D eigenvalue weighted by molar-refractivity contribution is 5.83. The van der Waals surface area contributed by atoms with E-state index >= 15 is 0 Å². The number of ether oxygens (including phenoxy) is 2. The van der Waals surface area contributed by atoms with Crippen LogP contribution in [0.25, 0.3) is 0 Å². The summed E-state index contributed by atoms with van der Waals surface area (Å²) in [7, 11) is 3.76. The van der Waals surface area contributed by atoms with Crippen molar-refractivity contribution in [2.75, 3.05) is 27.4 Å². The maximum atomic E-state index is 13.2. The summed E-state index contributed by atoms with van der Waals surface area (Å²) in [6, 6.07) is 5.15. The third kappa shape index (κ3) is 3.65. The third-order valence-electron chi connectivity index (χ3n) is 4.31. The Morgan fingerprint density at radius 2 is 2.00 bits per heavy atom. The fourth-order valence-corrected chi connectivity index (χ4v) is 2.92. The van der Waals surface area contributed by atoms with Crippen LogP contribution in [0.15, 0.2) is 22.7 Å². The van der Waals surface area contributed by atoms with E-state index in [2.05, 4.69) is 10.1 Å². The molecular weight excluding hydrogens is 336 g/mol. The van der Waals surface area contributed by atoms with Crippen LogP contribution in [0.5, 0.6) is 11.5 Å². The first-order chi connectivity index (χ1) is 12.5. The van der Waals surface area contributed by atoms with E-state index in [1.807, 2.05) is 51.0 Å². The fraction of sp³-hybridized carbons (Fsp3) is 0.500. The van der Waals surface area contributed by atoms with Gasteiger partial charge in [0.15, 0.2) is 17.3 Å². The lowest BCUT2D eigenvalue weighted by atomic mass is 10.0. The lowest BCUT2D eigenvalue weighted by molar-refractivity contribution is -0.137. The number of aryl methyl sites for hydroxylation is 1. The highest BCUT2D eigenvalue weighted by Crippen LogP contribution is 2.35. The number of carbonyl (C=O) groups is 1. The SMILES string of the molecule is CCc1noc(CN(CC)C(=O)[C@H](c2ccc3c(c2)OCO3)N(C)C)n1. The number of amides is 1. The summed E-state index contributed by atoms with van der Waals surface area (Å²) < 4.78 is 16.0. The van der Waals surface area contributed by atoms with Gasteiger partial charge < -0.3 is 18.9 Å². The minimum Gasteiger partial charge on any atom is -0.454 e. The Morgan fingerprint density at radius 1 is 1.23 bits per heavy atom. The Kier molecular flexibility index (Phi) is 5.41. The van der Waals surface area contributed by atoms with Crippen LogP contribution in [-0.4, -0.2) is 53.3 Å². The summed E-state index contributed by atoms with van der Waals surface area (Å²) >= 11 is 0. The van der Waals surface area contributed by atoms with E-state index in [9.17, 15) is 4.79 Å². The number of aromatic nitrogens is 2. The molecule has 0 saturated heterocycles. The molecule has 1 aromatic carbocycles. The van der Waals surface area contributed by atoms with Gasteiger partial charge >= 0.3 is 0 Å². The summed E-state index contributed by atoms with van der Waals surface area (Å²) in [4.78, 5) is 21.1. The average molecular weight is 360 g/mol. The molecule has 1 aliphatic rings. The van der Waals surface area contributed by atoms with Crippen molar-refractivity contribution in [2.24, 2.45) is 0 Å². The van der Waals surface area contributed by atoms with Crippen molar-refractivity contribution >= 4 is 5.91 Å². The summed E-state index contributed by atoms with van der Waals surface area (Å²) in [6.45, 7) is 4.92. The van der Waals surface area contributed by atoms with Gasteiger partial charge in [0.25, 0.3) is 0 Å². The van der Waals surface area contributed by atoms with Crippen LogP contribution >= 0.6 is 0 Å². The molecule has 8 heteroatoms. The first-order valence-corrected chi connectivity index (χ1v) is 8.69. The van der Waals surface area contributed by atoms with Crippen LogP contribution in [-0.2, 0) is 17.8 Å². The van der Waals surface area contributed by atoms with Gasteiger partial charge in [-0.15, -0.1) is 0 Å². The van der Waals surface area contributed by atoms with Gasteiger partial charge in [0.2, 0.25) is 18.6 Å². The van der Waals surface area contributed by atoms with E-state index in [1.54, 1.807) is 4.90 Å². The van der Waals surface area contributed by atoms with Crippen molar-refractivity contribution in [2.45, 2.75) is 32.9 Å². The second-order valence-electron chi connectivity index (χ2n) is 6.29. The summed E-state index contributed by atoms with van der Waals surface area (Å²) in [5, 5.41) is 3.89. The Balaban J connectivity index is 1.82. The number of carbonyl (C=O) groups excluding carboxylic acids is 1. The van der Waals surface area contributed by atoms with Crippen LogP contribution < -0.4 is 9.47 Å². The Hall–Kier alpha value is -2.61. The molecule has 1 amide bonds. The number of fused-ring (bicyclic) bond motifs is 1. The van der Waals surface area contributed by atoms with E-state index in [-0.39, 0.29) is 19.2 Å². The molecule has 0 bridgehead atoms. The first-order valence-electron chi connectivity index (χ1n) is 8.69. The number of rotatable bonds is 7. The highest BCUT2D eigenvalue weighted by atomic mass is 16.7. The summed E-state index contributed by atoms with van der Waals surface area (Å²) in [6.07, 6.45) is 0.696. The van der Waals surface area contributed by atoms with Crippen LogP contribution in [0, 0.1) is 0 Å². The molecule has 0 aliphatic carbocycles. The van der Waals surface area contributed by atoms with Crippen molar-refractivity contribution < 1.29 is 18.8 Å². The molecule has 2 aromatic rings. The van der Waals surface area contributed by atoms with E-state index < -0.39 is 6.04 Å². The lowest BCUT2D eigenvalue weighted by Gasteiger charge is -2.29. The smallest absolute Gasteiger partial charge is 0.246 e. The van der Waals surface area contributed by atoms with Crippen molar-refractivity contribution in [3.8, 4) is 11.5 Å². The van der Waals surface area contributed by atoms with Crippen LogP contribution in [0.3, 0.4) is 0 Å². The molecule has 0 saturated carbocycles. The molecule has 1 aromatic heterocycles. The Labute approximate surface area is 152 Å². The molecule has 0 radical (unpaired) electrons. The zero-order chi connectivity index (χ0) is 18.7. The van der Waals surface area contributed by atoms with Gasteiger partial charge in [-0.1, -0.05) is 18.1 Å². The topological polar surface area (TPSA) is 80.9 Å². The van der Waals surface area contributed by atoms with Gasteiger partial charge in [-0.25, -0.2) is 0 Å². The van der Waals surface area contributed by atoms with Crippen LogP contribution in [0.2, 0.25) is 0 Å². The molecule has 3 rings (SSSR count). The quantitative estimate of drug-likeness (QED) is 0.747. The van der Waals surface area contributed by atoms with Gasteiger partial charge in [0.1, 0.15) is 12.6 Å². The maximum Gasteiger partial charge on any atom is 0.246 e. The lowest BCUT2D eigenvalue weighted by Crippen LogP contribution is -2.40. The number of hydrogen-bond acceptors (Lipinski definition) is 7. The maximum absolute atomic E-state index is 13.2. The number of likely N-dealkylation sites (N-methyl/N-ethyl adjacent to an activating group) is 2. The highest BCUT2D eigenvalue weighted by Gasteiger charge is 2.29. The van der Waals surface area contributed by atoms with Crippen molar-refractivity contribution in [3.63, 3.8) is 0 Å². The monoisotopic (exact) mass is 360 g/mol. The largest absolute Gasteiger partial charge is 0.454 e. The van der Waals surface area contributed by atoms with E-state index in [1.165, 1.54) is 0 Å². The minimum absolute atomic E-state index is 0.0346. The third-order valence-corrected chi connectivity index (χ3v) is 4.31. The fourth-order valence-electron chi connectivity index (χ4n) is 2.92. The van der Waals surface area contributed by atoms with Crippen LogP contribution in [0.4, 0.5) is 0 Å².